The Labute approximate surface area is 658 Å². The summed E-state index contributed by atoms with van der Waals surface area (Å²) in [5.41, 5.74) is 0. The fourth-order valence-corrected chi connectivity index (χ4v) is 15.4. The molecule has 0 aromatic rings. The van der Waals surface area contributed by atoms with Gasteiger partial charge < -0.3 is 33.8 Å². The molecule has 0 aromatic carbocycles. The molecule has 0 saturated carbocycles. The van der Waals surface area contributed by atoms with Gasteiger partial charge in [-0.05, 0) is 31.6 Å². The van der Waals surface area contributed by atoms with Gasteiger partial charge in [0.05, 0.1) is 26.4 Å². The molecule has 3 N–H and O–H groups in total. The highest BCUT2D eigenvalue weighted by molar-refractivity contribution is 7.47. The molecule has 636 valence electrons. The van der Waals surface area contributed by atoms with Crippen LogP contribution >= 0.6 is 15.6 Å². The van der Waals surface area contributed by atoms with Crippen LogP contribution in [0.3, 0.4) is 0 Å². The second kappa shape index (κ2) is 80.7. The van der Waals surface area contributed by atoms with E-state index in [2.05, 4.69) is 34.6 Å². The number of carbonyl (C=O) groups is 4. The smallest absolute Gasteiger partial charge is 0.462 e. The fourth-order valence-electron chi connectivity index (χ4n) is 13.8. The number of phosphoric acid groups is 2. The minimum absolute atomic E-state index is 0.109. The molecule has 2 unspecified atom stereocenters. The highest BCUT2D eigenvalue weighted by atomic mass is 31.2. The number of phosphoric ester groups is 2. The Morgan fingerprint density at radius 3 is 0.636 bits per heavy atom. The lowest BCUT2D eigenvalue weighted by atomic mass is 10.0. The summed E-state index contributed by atoms with van der Waals surface area (Å²) >= 11 is 0. The van der Waals surface area contributed by atoms with E-state index in [-0.39, 0.29) is 25.7 Å². The fraction of sp³-hybridized carbons (Fsp3) is 0.955. The first-order chi connectivity index (χ1) is 52.0. The third-order valence-corrected chi connectivity index (χ3v) is 22.7. The molecule has 0 spiro atoms. The van der Waals surface area contributed by atoms with Gasteiger partial charge in [-0.2, -0.15) is 0 Å². The van der Waals surface area contributed by atoms with E-state index in [9.17, 15) is 43.2 Å². The normalized spacial score (nSPS) is 13.7. The largest absolute Gasteiger partial charge is 0.472 e. The van der Waals surface area contributed by atoms with Crippen LogP contribution in [0.5, 0.6) is 0 Å². The molecule has 0 aliphatic heterocycles. The topological polar surface area (TPSA) is 237 Å². The Bertz CT molecular complexity index is 2030. The van der Waals surface area contributed by atoms with Crippen molar-refractivity contribution in [3.8, 4) is 0 Å². The lowest BCUT2D eigenvalue weighted by Crippen LogP contribution is -2.30. The van der Waals surface area contributed by atoms with Crippen LogP contribution in [0.4, 0.5) is 0 Å². The first-order valence-electron chi connectivity index (χ1n) is 45.6. The molecular formula is C88H172O17P2. The molecule has 0 aliphatic rings. The number of aliphatic hydroxyl groups is 1. The Hall–Kier alpha value is -1.94. The Morgan fingerprint density at radius 1 is 0.252 bits per heavy atom. The van der Waals surface area contributed by atoms with E-state index in [0.717, 1.165) is 95.8 Å². The van der Waals surface area contributed by atoms with Crippen molar-refractivity contribution >= 4 is 39.5 Å². The summed E-state index contributed by atoms with van der Waals surface area (Å²) < 4.78 is 69.0. The number of aliphatic hydroxyl groups excluding tert-OH is 1. The van der Waals surface area contributed by atoms with Gasteiger partial charge in [0.15, 0.2) is 12.2 Å². The highest BCUT2D eigenvalue weighted by Crippen LogP contribution is 2.45. The molecule has 0 amide bonds. The number of rotatable bonds is 88. The van der Waals surface area contributed by atoms with Gasteiger partial charge >= 0.3 is 39.5 Å². The number of unbranched alkanes of at least 4 members (excludes halogenated alkanes) is 60. The van der Waals surface area contributed by atoms with Gasteiger partial charge in [-0.15, -0.1) is 0 Å². The number of hydrogen-bond donors (Lipinski definition) is 3. The van der Waals surface area contributed by atoms with Crippen molar-refractivity contribution in [2.24, 2.45) is 5.92 Å². The zero-order valence-electron chi connectivity index (χ0n) is 70.3. The maximum absolute atomic E-state index is 13.2. The summed E-state index contributed by atoms with van der Waals surface area (Å²) in [4.78, 5) is 73.3. The molecular weight excluding hydrogens is 1390 g/mol. The van der Waals surface area contributed by atoms with Crippen LogP contribution < -0.4 is 0 Å². The van der Waals surface area contributed by atoms with Crippen molar-refractivity contribution in [1.29, 1.82) is 0 Å². The predicted octanol–water partition coefficient (Wildman–Crippen LogP) is 27.2. The molecule has 5 atom stereocenters. The zero-order chi connectivity index (χ0) is 78.3. The summed E-state index contributed by atoms with van der Waals surface area (Å²) in [6, 6.07) is 0. The van der Waals surface area contributed by atoms with E-state index < -0.39 is 97.5 Å². The van der Waals surface area contributed by atoms with Crippen LogP contribution in [0, 0.1) is 5.92 Å². The lowest BCUT2D eigenvalue weighted by Gasteiger charge is -2.21. The van der Waals surface area contributed by atoms with Crippen LogP contribution in [0.1, 0.15) is 478 Å². The van der Waals surface area contributed by atoms with Crippen LogP contribution in [-0.4, -0.2) is 96.7 Å². The van der Waals surface area contributed by atoms with Crippen LogP contribution in [0.2, 0.25) is 0 Å². The van der Waals surface area contributed by atoms with Crippen molar-refractivity contribution in [1.82, 2.24) is 0 Å². The molecule has 0 aromatic heterocycles. The van der Waals surface area contributed by atoms with E-state index in [4.69, 9.17) is 37.0 Å². The van der Waals surface area contributed by atoms with Crippen LogP contribution in [-0.2, 0) is 65.4 Å². The molecule has 0 heterocycles. The molecule has 0 aliphatic carbocycles. The van der Waals surface area contributed by atoms with E-state index in [0.29, 0.717) is 25.7 Å². The SMILES string of the molecule is CCCCCCCCCCCCCCCCCCCCCCCC(=O)O[C@H](COC(=O)CCCCCCCCCCCCCCCCCCC)COP(=O)(O)OC[C@@H](O)COP(=O)(O)OC[C@@H](COC(=O)CCCCCCCCCCCC(C)C)OC(=O)CCCCCCCCCCCCCCCCCCC. The summed E-state index contributed by atoms with van der Waals surface area (Å²) in [7, 11) is -9.93. The van der Waals surface area contributed by atoms with Crippen molar-refractivity contribution in [3.05, 3.63) is 0 Å². The Kier molecular flexibility index (Phi) is 79.2. The summed E-state index contributed by atoms with van der Waals surface area (Å²) in [6.07, 6.45) is 75.0. The van der Waals surface area contributed by atoms with E-state index in [1.165, 1.54) is 302 Å². The van der Waals surface area contributed by atoms with Crippen molar-refractivity contribution in [2.75, 3.05) is 39.6 Å². The Balaban J connectivity index is 5.25. The van der Waals surface area contributed by atoms with Gasteiger partial charge in [0.1, 0.15) is 19.3 Å². The molecule has 0 rings (SSSR count). The summed E-state index contributed by atoms with van der Waals surface area (Å²) in [5.74, 6) is -1.35. The number of carbonyl (C=O) groups excluding carboxylic acids is 4. The van der Waals surface area contributed by atoms with E-state index >= 15 is 0 Å². The monoisotopic (exact) mass is 1560 g/mol. The minimum atomic E-state index is -4.97. The second-order valence-corrected chi connectivity index (χ2v) is 35.0. The molecule has 19 heteroatoms. The average Bonchev–Trinajstić information content (AvgIpc) is 0.902. The third kappa shape index (κ3) is 81.9. The van der Waals surface area contributed by atoms with E-state index in [1.54, 1.807) is 0 Å². The van der Waals surface area contributed by atoms with E-state index in [1.807, 2.05) is 0 Å². The van der Waals surface area contributed by atoms with Gasteiger partial charge in [-0.1, -0.05) is 426 Å². The standard InChI is InChI=1S/C88H172O17P2/c1-6-9-12-15-18-21-24-27-30-33-34-35-36-39-42-45-48-53-59-64-69-74-87(92)104-83(77-98-85(90)71-66-61-56-51-46-43-40-37-31-28-25-22-19-16-13-10-7-2)79-102-106(94,95)100-75-82(89)76-101-107(96,97)103-80-84(78-99-86(91)72-67-62-57-54-49-50-55-60-65-70-81(4)5)105-88(93)73-68-63-58-52-47-44-41-38-32-29-26-23-20-17-14-11-8-3/h81-84,89H,6-80H2,1-5H3,(H,94,95)(H,96,97)/t82-,83-,84-/m1/s1. The lowest BCUT2D eigenvalue weighted by molar-refractivity contribution is -0.161. The third-order valence-electron chi connectivity index (χ3n) is 20.8. The van der Waals surface area contributed by atoms with Crippen molar-refractivity contribution in [2.45, 2.75) is 496 Å². The molecule has 17 nitrogen and oxygen atoms in total. The number of hydrogen-bond acceptors (Lipinski definition) is 15. The van der Waals surface area contributed by atoms with Gasteiger partial charge in [0.25, 0.3) is 0 Å². The molecule has 0 radical (unpaired) electrons. The van der Waals surface area contributed by atoms with Gasteiger partial charge in [-0.25, -0.2) is 9.13 Å². The predicted molar refractivity (Wildman–Crippen MR) is 442 cm³/mol. The highest BCUT2D eigenvalue weighted by Gasteiger charge is 2.30. The molecule has 107 heavy (non-hydrogen) atoms. The summed E-state index contributed by atoms with van der Waals surface area (Å²) in [5, 5.41) is 10.7. The minimum Gasteiger partial charge on any atom is -0.462 e. The van der Waals surface area contributed by atoms with Crippen molar-refractivity contribution < 1.29 is 80.2 Å². The first-order valence-corrected chi connectivity index (χ1v) is 48.6. The van der Waals surface area contributed by atoms with Crippen LogP contribution in [0.25, 0.3) is 0 Å². The zero-order valence-corrected chi connectivity index (χ0v) is 72.1. The van der Waals surface area contributed by atoms with Gasteiger partial charge in [-0.3, -0.25) is 37.3 Å². The average molecular weight is 1560 g/mol. The maximum Gasteiger partial charge on any atom is 0.472 e. The number of esters is 4. The maximum atomic E-state index is 13.2. The van der Waals surface area contributed by atoms with Crippen molar-refractivity contribution in [3.63, 3.8) is 0 Å². The second-order valence-electron chi connectivity index (χ2n) is 32.1. The Morgan fingerprint density at radius 2 is 0.430 bits per heavy atom. The first kappa shape index (κ1) is 105. The van der Waals surface area contributed by atoms with Crippen LogP contribution in [0.15, 0.2) is 0 Å². The summed E-state index contributed by atoms with van der Waals surface area (Å²) in [6.45, 7) is 7.36. The molecule has 0 saturated heterocycles. The number of ether oxygens (including phenoxy) is 4. The molecule has 0 fully saturated rings. The molecule has 0 bridgehead atoms. The van der Waals surface area contributed by atoms with Gasteiger partial charge in [0, 0.05) is 25.7 Å². The van der Waals surface area contributed by atoms with Gasteiger partial charge in [0.2, 0.25) is 0 Å². The quantitative estimate of drug-likeness (QED) is 0.0222.